The molecule has 0 aromatic heterocycles. The standard InChI is InChI=1S/C24H26Cl2N2O4/c1-15(2)10-21(29)22(30)13-23(31)28(14-16-8-9-19(25)20(26)11-16)18-7-5-6-17(12-18)24(32)27(3)4/h5-9,11-12,15H,10,13-14H2,1-4H3. The van der Waals surface area contributed by atoms with Crippen LogP contribution in [0.25, 0.3) is 0 Å². The number of carbonyl (C=O) groups is 4. The third-order valence-corrected chi connectivity index (χ3v) is 5.39. The third kappa shape index (κ3) is 6.90. The molecule has 0 heterocycles. The van der Waals surface area contributed by atoms with E-state index in [1.807, 2.05) is 13.8 Å². The van der Waals surface area contributed by atoms with Crippen molar-refractivity contribution >= 4 is 52.3 Å². The number of carbonyl (C=O) groups excluding carboxylic acids is 4. The van der Waals surface area contributed by atoms with Crippen molar-refractivity contribution in [2.45, 2.75) is 33.2 Å². The molecule has 0 fully saturated rings. The van der Waals surface area contributed by atoms with E-state index in [1.165, 1.54) is 9.80 Å². The Morgan fingerprint density at radius 3 is 2.19 bits per heavy atom. The lowest BCUT2D eigenvalue weighted by Crippen LogP contribution is -2.34. The first-order chi connectivity index (χ1) is 15.0. The van der Waals surface area contributed by atoms with Crippen molar-refractivity contribution in [1.29, 1.82) is 0 Å². The molecule has 32 heavy (non-hydrogen) atoms. The van der Waals surface area contributed by atoms with Crippen LogP contribution in [0, 0.1) is 5.92 Å². The summed E-state index contributed by atoms with van der Waals surface area (Å²) < 4.78 is 0. The summed E-state index contributed by atoms with van der Waals surface area (Å²) in [6.07, 6.45) is -0.468. The number of halogens is 2. The molecule has 0 aliphatic carbocycles. The molecule has 0 saturated heterocycles. The zero-order valence-corrected chi connectivity index (χ0v) is 20.0. The first kappa shape index (κ1) is 25.6. The number of benzene rings is 2. The average molecular weight is 477 g/mol. The second kappa shape index (κ2) is 11.2. The van der Waals surface area contributed by atoms with Crippen molar-refractivity contribution < 1.29 is 19.2 Å². The Morgan fingerprint density at radius 1 is 0.906 bits per heavy atom. The predicted molar refractivity (Wildman–Crippen MR) is 126 cm³/mol. The zero-order valence-electron chi connectivity index (χ0n) is 18.5. The predicted octanol–water partition coefficient (Wildman–Crippen LogP) is 4.80. The molecule has 0 radical (unpaired) electrons. The van der Waals surface area contributed by atoms with Gasteiger partial charge in [-0.3, -0.25) is 19.2 Å². The molecule has 2 aromatic rings. The molecule has 0 bridgehead atoms. The van der Waals surface area contributed by atoms with Crippen LogP contribution in [-0.2, 0) is 20.9 Å². The lowest BCUT2D eigenvalue weighted by molar-refractivity contribution is -0.139. The van der Waals surface area contributed by atoms with Gasteiger partial charge in [0.25, 0.3) is 5.91 Å². The van der Waals surface area contributed by atoms with Crippen LogP contribution in [0.15, 0.2) is 42.5 Å². The molecule has 0 N–H and O–H groups in total. The fourth-order valence-corrected chi connectivity index (χ4v) is 3.35. The smallest absolute Gasteiger partial charge is 0.253 e. The highest BCUT2D eigenvalue weighted by Gasteiger charge is 2.24. The Bertz CT molecular complexity index is 1030. The van der Waals surface area contributed by atoms with Gasteiger partial charge in [-0.15, -0.1) is 0 Å². The van der Waals surface area contributed by atoms with Crippen LogP contribution in [0.4, 0.5) is 5.69 Å². The van der Waals surface area contributed by atoms with Gasteiger partial charge in [0.1, 0.15) is 0 Å². The Kier molecular flexibility index (Phi) is 8.99. The summed E-state index contributed by atoms with van der Waals surface area (Å²) in [5, 5.41) is 0.706. The molecule has 170 valence electrons. The van der Waals surface area contributed by atoms with Crippen LogP contribution < -0.4 is 4.90 Å². The van der Waals surface area contributed by atoms with E-state index in [-0.39, 0.29) is 24.8 Å². The summed E-state index contributed by atoms with van der Waals surface area (Å²) in [5.41, 5.74) is 1.50. The van der Waals surface area contributed by atoms with Crippen LogP contribution in [0.1, 0.15) is 42.6 Å². The topological polar surface area (TPSA) is 74.8 Å². The van der Waals surface area contributed by atoms with E-state index in [2.05, 4.69) is 0 Å². The van der Waals surface area contributed by atoms with Crippen LogP contribution in [-0.4, -0.2) is 42.4 Å². The van der Waals surface area contributed by atoms with E-state index in [9.17, 15) is 19.2 Å². The zero-order chi connectivity index (χ0) is 24.0. The van der Waals surface area contributed by atoms with Crippen LogP contribution >= 0.6 is 23.2 Å². The van der Waals surface area contributed by atoms with E-state index in [0.717, 1.165) is 0 Å². The average Bonchev–Trinajstić information content (AvgIpc) is 2.73. The normalized spacial score (nSPS) is 10.7. The highest BCUT2D eigenvalue weighted by Crippen LogP contribution is 2.26. The van der Waals surface area contributed by atoms with E-state index >= 15 is 0 Å². The molecule has 2 aromatic carbocycles. The number of Topliss-reactive ketones (excluding diaryl/α,β-unsaturated/α-hetero) is 2. The first-order valence-corrected chi connectivity index (χ1v) is 10.9. The molecule has 8 heteroatoms. The van der Waals surface area contributed by atoms with Gasteiger partial charge < -0.3 is 9.80 Å². The van der Waals surface area contributed by atoms with Gasteiger partial charge in [0, 0.05) is 31.8 Å². The van der Waals surface area contributed by atoms with Gasteiger partial charge in [-0.05, 0) is 41.8 Å². The highest BCUT2D eigenvalue weighted by atomic mass is 35.5. The fraction of sp³-hybridized carbons (Fsp3) is 0.333. The van der Waals surface area contributed by atoms with E-state index in [1.54, 1.807) is 56.6 Å². The van der Waals surface area contributed by atoms with Crippen molar-refractivity contribution in [3.8, 4) is 0 Å². The molecular weight excluding hydrogens is 451 g/mol. The molecule has 0 saturated carbocycles. The maximum Gasteiger partial charge on any atom is 0.253 e. The maximum absolute atomic E-state index is 13.1. The van der Waals surface area contributed by atoms with Gasteiger partial charge in [0.2, 0.25) is 11.7 Å². The van der Waals surface area contributed by atoms with Crippen molar-refractivity contribution in [2.24, 2.45) is 5.92 Å². The Labute approximate surface area is 198 Å². The van der Waals surface area contributed by atoms with Gasteiger partial charge in [0.05, 0.1) is 23.0 Å². The monoisotopic (exact) mass is 476 g/mol. The maximum atomic E-state index is 13.1. The molecular formula is C24H26Cl2N2O4. The molecule has 0 aliphatic rings. The van der Waals surface area contributed by atoms with Crippen LogP contribution in [0.3, 0.4) is 0 Å². The molecule has 6 nitrogen and oxygen atoms in total. The summed E-state index contributed by atoms with van der Waals surface area (Å²) in [4.78, 5) is 52.7. The molecule has 0 unspecified atom stereocenters. The number of amides is 2. The summed E-state index contributed by atoms with van der Waals surface area (Å²) >= 11 is 12.1. The van der Waals surface area contributed by atoms with Gasteiger partial charge in [0.15, 0.2) is 5.78 Å². The largest absolute Gasteiger partial charge is 0.345 e. The van der Waals surface area contributed by atoms with Crippen molar-refractivity contribution in [1.82, 2.24) is 4.90 Å². The van der Waals surface area contributed by atoms with Gasteiger partial charge >= 0.3 is 0 Å². The first-order valence-electron chi connectivity index (χ1n) is 10.1. The molecule has 0 atom stereocenters. The third-order valence-electron chi connectivity index (χ3n) is 4.65. The summed E-state index contributed by atoms with van der Waals surface area (Å²) in [7, 11) is 3.26. The molecule has 2 rings (SSSR count). The van der Waals surface area contributed by atoms with Crippen molar-refractivity contribution in [3.63, 3.8) is 0 Å². The van der Waals surface area contributed by atoms with Crippen LogP contribution in [0.2, 0.25) is 10.0 Å². The number of nitrogens with zero attached hydrogens (tertiary/aromatic N) is 2. The van der Waals surface area contributed by atoms with E-state index in [4.69, 9.17) is 23.2 Å². The van der Waals surface area contributed by atoms with Crippen LogP contribution in [0.5, 0.6) is 0 Å². The minimum absolute atomic E-state index is 0.0163. The van der Waals surface area contributed by atoms with Gasteiger partial charge in [-0.1, -0.05) is 49.2 Å². The van der Waals surface area contributed by atoms with E-state index in [0.29, 0.717) is 26.9 Å². The summed E-state index contributed by atoms with van der Waals surface area (Å²) in [5.74, 6) is -2.06. The second-order valence-electron chi connectivity index (χ2n) is 8.10. The molecule has 0 aliphatic heterocycles. The summed E-state index contributed by atoms with van der Waals surface area (Å²) in [6, 6.07) is 11.5. The number of ketones is 2. The lowest BCUT2D eigenvalue weighted by Gasteiger charge is -2.24. The Hall–Kier alpha value is -2.70. The Balaban J connectivity index is 2.38. The number of rotatable bonds is 9. The Morgan fingerprint density at radius 2 is 1.59 bits per heavy atom. The van der Waals surface area contributed by atoms with Crippen molar-refractivity contribution in [3.05, 3.63) is 63.6 Å². The second-order valence-corrected chi connectivity index (χ2v) is 8.91. The number of anilines is 1. The quantitative estimate of drug-likeness (QED) is 0.384. The highest BCUT2D eigenvalue weighted by molar-refractivity contribution is 6.42. The lowest BCUT2D eigenvalue weighted by atomic mass is 10.0. The molecule has 2 amide bonds. The fourth-order valence-electron chi connectivity index (χ4n) is 3.03. The number of hydrogen-bond donors (Lipinski definition) is 0. The van der Waals surface area contributed by atoms with Crippen molar-refractivity contribution in [2.75, 3.05) is 19.0 Å². The van der Waals surface area contributed by atoms with Gasteiger partial charge in [-0.2, -0.15) is 0 Å². The van der Waals surface area contributed by atoms with E-state index < -0.39 is 23.9 Å². The molecule has 0 spiro atoms. The number of hydrogen-bond acceptors (Lipinski definition) is 4. The minimum atomic E-state index is -0.733. The minimum Gasteiger partial charge on any atom is -0.345 e. The SMILES string of the molecule is CC(C)CC(=O)C(=O)CC(=O)N(Cc1ccc(Cl)c(Cl)c1)c1cccc(C(=O)N(C)C)c1. The van der Waals surface area contributed by atoms with Gasteiger partial charge in [-0.25, -0.2) is 0 Å². The summed E-state index contributed by atoms with van der Waals surface area (Å²) in [6.45, 7) is 3.74.